The Kier molecular flexibility index (Phi) is 4.98. The van der Waals surface area contributed by atoms with Crippen LogP contribution in [0.25, 0.3) is 0 Å². The van der Waals surface area contributed by atoms with Crippen molar-refractivity contribution in [2.45, 2.75) is 32.1 Å². The van der Waals surface area contributed by atoms with E-state index >= 15 is 0 Å². The van der Waals surface area contributed by atoms with Crippen molar-refractivity contribution >= 4 is 11.7 Å². The number of nitrogens with two attached hydrogens (primary N) is 1. The molecule has 0 saturated carbocycles. The summed E-state index contributed by atoms with van der Waals surface area (Å²) in [6, 6.07) is 8.23. The van der Waals surface area contributed by atoms with Gasteiger partial charge in [-0.15, -0.1) is 0 Å². The van der Waals surface area contributed by atoms with Crippen LogP contribution >= 0.6 is 0 Å². The molecule has 0 aromatic heterocycles. The van der Waals surface area contributed by atoms with Crippen LogP contribution in [0.1, 0.15) is 30.4 Å². The molecule has 1 aromatic rings. The molecule has 0 saturated heterocycles. The Bertz CT molecular complexity index is 475. The number of unbranched alkanes of at least 4 members (excludes halogenated alkanes) is 1. The Morgan fingerprint density at radius 3 is 2.55 bits per heavy atom. The number of carbonyl (C=O) groups excluding carboxylic acids is 1. The quantitative estimate of drug-likeness (QED) is 0.241. The average molecular weight is 275 g/mol. The van der Waals surface area contributed by atoms with Gasteiger partial charge < -0.3 is 16.3 Å². The summed E-state index contributed by atoms with van der Waals surface area (Å²) in [5.74, 6) is 0.434. The molecule has 0 atom stereocenters. The number of fused-ring (bicyclic) bond motifs is 1. The number of hydrogen-bond acceptors (Lipinski definition) is 3. The van der Waals surface area contributed by atoms with Crippen molar-refractivity contribution in [3.05, 3.63) is 35.4 Å². The molecule has 0 fully saturated rings. The highest BCUT2D eigenvalue weighted by Crippen LogP contribution is 2.26. The highest BCUT2D eigenvalue weighted by atomic mass is 16.4. The SMILES string of the molecule is N/C(CCCCNC(=O)C1Cc2ccccc2C1)=N/O. The Hall–Kier alpha value is -2.04. The topological polar surface area (TPSA) is 87.7 Å². The molecule has 2 rings (SSSR count). The monoisotopic (exact) mass is 275 g/mol. The molecule has 0 aliphatic heterocycles. The van der Waals surface area contributed by atoms with E-state index < -0.39 is 0 Å². The van der Waals surface area contributed by atoms with E-state index in [9.17, 15) is 4.79 Å². The van der Waals surface area contributed by atoms with E-state index in [0.717, 1.165) is 25.7 Å². The molecule has 0 unspecified atom stereocenters. The fourth-order valence-corrected chi connectivity index (χ4v) is 2.58. The number of carbonyl (C=O) groups is 1. The summed E-state index contributed by atoms with van der Waals surface area (Å²) >= 11 is 0. The van der Waals surface area contributed by atoms with Gasteiger partial charge in [-0.1, -0.05) is 29.4 Å². The van der Waals surface area contributed by atoms with Gasteiger partial charge in [0.1, 0.15) is 5.84 Å². The fourth-order valence-electron chi connectivity index (χ4n) is 2.58. The highest BCUT2D eigenvalue weighted by Gasteiger charge is 2.26. The van der Waals surface area contributed by atoms with Gasteiger partial charge in [-0.3, -0.25) is 4.79 Å². The predicted octanol–water partition coefficient (Wildman–Crippen LogP) is 1.43. The lowest BCUT2D eigenvalue weighted by molar-refractivity contribution is -0.124. The first-order valence-electron chi connectivity index (χ1n) is 7.01. The number of amidine groups is 1. The third kappa shape index (κ3) is 3.73. The fraction of sp³-hybridized carbons (Fsp3) is 0.467. The maximum absolute atomic E-state index is 12.1. The first kappa shape index (κ1) is 14.4. The molecule has 1 aromatic carbocycles. The number of nitrogens with one attached hydrogen (secondary N) is 1. The van der Waals surface area contributed by atoms with Crippen molar-refractivity contribution in [1.29, 1.82) is 0 Å². The van der Waals surface area contributed by atoms with Gasteiger partial charge in [-0.25, -0.2) is 0 Å². The van der Waals surface area contributed by atoms with Crippen LogP contribution in [-0.4, -0.2) is 23.5 Å². The molecule has 20 heavy (non-hydrogen) atoms. The van der Waals surface area contributed by atoms with Crippen LogP contribution in [0.5, 0.6) is 0 Å². The van der Waals surface area contributed by atoms with Crippen molar-refractivity contribution in [1.82, 2.24) is 5.32 Å². The molecule has 4 N–H and O–H groups in total. The van der Waals surface area contributed by atoms with Crippen molar-refractivity contribution in [2.75, 3.05) is 6.54 Å². The molecule has 0 heterocycles. The summed E-state index contributed by atoms with van der Waals surface area (Å²) < 4.78 is 0. The average Bonchev–Trinajstić information content (AvgIpc) is 2.90. The van der Waals surface area contributed by atoms with Crippen LogP contribution in [0.3, 0.4) is 0 Å². The Morgan fingerprint density at radius 1 is 1.30 bits per heavy atom. The second-order valence-electron chi connectivity index (χ2n) is 5.21. The minimum absolute atomic E-state index is 0.0662. The number of hydrogen-bond donors (Lipinski definition) is 3. The first-order valence-corrected chi connectivity index (χ1v) is 7.01. The molecule has 1 aliphatic carbocycles. The normalized spacial score (nSPS) is 15.1. The lowest BCUT2D eigenvalue weighted by Gasteiger charge is -2.10. The molecule has 5 nitrogen and oxygen atoms in total. The molecule has 1 amide bonds. The van der Waals surface area contributed by atoms with Crippen LogP contribution in [-0.2, 0) is 17.6 Å². The van der Waals surface area contributed by atoms with Gasteiger partial charge in [-0.05, 0) is 36.8 Å². The summed E-state index contributed by atoms with van der Waals surface area (Å²) in [4.78, 5) is 12.1. The zero-order valence-electron chi connectivity index (χ0n) is 11.5. The third-order valence-corrected chi connectivity index (χ3v) is 3.71. The molecule has 0 radical (unpaired) electrons. The molecule has 1 aliphatic rings. The van der Waals surface area contributed by atoms with E-state index in [4.69, 9.17) is 10.9 Å². The number of amides is 1. The van der Waals surface area contributed by atoms with E-state index in [0.29, 0.717) is 13.0 Å². The van der Waals surface area contributed by atoms with E-state index in [1.807, 2.05) is 12.1 Å². The summed E-state index contributed by atoms with van der Waals surface area (Å²) in [5, 5.41) is 14.3. The largest absolute Gasteiger partial charge is 0.409 e. The van der Waals surface area contributed by atoms with Gasteiger partial charge in [-0.2, -0.15) is 0 Å². The number of oxime groups is 1. The van der Waals surface area contributed by atoms with E-state index in [-0.39, 0.29) is 17.7 Å². The van der Waals surface area contributed by atoms with Crippen molar-refractivity contribution < 1.29 is 10.0 Å². The second-order valence-corrected chi connectivity index (χ2v) is 5.21. The van der Waals surface area contributed by atoms with Crippen LogP contribution < -0.4 is 11.1 Å². The molecular formula is C15H21N3O2. The number of nitrogens with zero attached hydrogens (tertiary/aromatic N) is 1. The van der Waals surface area contributed by atoms with Crippen LogP contribution in [0.15, 0.2) is 29.4 Å². The molecular weight excluding hydrogens is 254 g/mol. The highest BCUT2D eigenvalue weighted by molar-refractivity contribution is 5.80. The van der Waals surface area contributed by atoms with E-state index in [1.165, 1.54) is 11.1 Å². The molecule has 0 bridgehead atoms. The molecule has 108 valence electrons. The summed E-state index contributed by atoms with van der Waals surface area (Å²) in [6.45, 7) is 0.643. The summed E-state index contributed by atoms with van der Waals surface area (Å²) in [6.07, 6.45) is 3.88. The maximum Gasteiger partial charge on any atom is 0.223 e. The third-order valence-electron chi connectivity index (χ3n) is 3.71. The van der Waals surface area contributed by atoms with Gasteiger partial charge in [0.15, 0.2) is 0 Å². The minimum atomic E-state index is 0.0662. The van der Waals surface area contributed by atoms with Crippen molar-refractivity contribution in [3.8, 4) is 0 Å². The minimum Gasteiger partial charge on any atom is -0.409 e. The van der Waals surface area contributed by atoms with Crippen LogP contribution in [0, 0.1) is 5.92 Å². The zero-order valence-corrected chi connectivity index (χ0v) is 11.5. The zero-order chi connectivity index (χ0) is 14.4. The van der Waals surface area contributed by atoms with E-state index in [2.05, 4.69) is 22.6 Å². The Balaban J connectivity index is 1.67. The standard InChI is InChI=1S/C15H21N3O2/c16-14(18-20)7-3-4-8-17-15(19)13-9-11-5-1-2-6-12(11)10-13/h1-2,5-6,13,20H,3-4,7-10H2,(H2,16,18)(H,17,19). The molecule has 0 spiro atoms. The predicted molar refractivity (Wildman–Crippen MR) is 77.6 cm³/mol. The maximum atomic E-state index is 12.1. The van der Waals surface area contributed by atoms with E-state index in [1.54, 1.807) is 0 Å². The molecule has 5 heteroatoms. The summed E-state index contributed by atoms with van der Waals surface area (Å²) in [7, 11) is 0. The van der Waals surface area contributed by atoms with Gasteiger partial charge in [0.2, 0.25) is 5.91 Å². The summed E-state index contributed by atoms with van der Waals surface area (Å²) in [5.41, 5.74) is 7.96. The first-order chi connectivity index (χ1) is 9.70. The van der Waals surface area contributed by atoms with Gasteiger partial charge in [0.05, 0.1) is 0 Å². The number of benzene rings is 1. The Morgan fingerprint density at radius 2 is 1.95 bits per heavy atom. The van der Waals surface area contributed by atoms with Crippen LogP contribution in [0.4, 0.5) is 0 Å². The number of rotatable bonds is 6. The second kappa shape index (κ2) is 6.93. The smallest absolute Gasteiger partial charge is 0.223 e. The van der Waals surface area contributed by atoms with Gasteiger partial charge in [0.25, 0.3) is 0 Å². The lowest BCUT2D eigenvalue weighted by Crippen LogP contribution is -2.31. The van der Waals surface area contributed by atoms with Gasteiger partial charge >= 0.3 is 0 Å². The lowest BCUT2D eigenvalue weighted by atomic mass is 10.1. The van der Waals surface area contributed by atoms with Crippen LogP contribution in [0.2, 0.25) is 0 Å². The van der Waals surface area contributed by atoms with Crippen molar-refractivity contribution in [2.24, 2.45) is 16.8 Å². The van der Waals surface area contributed by atoms with Gasteiger partial charge in [0, 0.05) is 18.9 Å². The Labute approximate surface area is 118 Å². The van der Waals surface area contributed by atoms with Crippen molar-refractivity contribution in [3.63, 3.8) is 0 Å².